The maximum Gasteiger partial charge on any atom is 0.329 e. The van der Waals surface area contributed by atoms with Crippen molar-refractivity contribution < 1.29 is 9.59 Å². The van der Waals surface area contributed by atoms with E-state index in [4.69, 9.17) is 0 Å². The number of nitrogens with zero attached hydrogens (tertiary/aromatic N) is 6. The van der Waals surface area contributed by atoms with Gasteiger partial charge >= 0.3 is 5.69 Å². The maximum atomic E-state index is 12.8. The summed E-state index contributed by atoms with van der Waals surface area (Å²) >= 11 is 0. The van der Waals surface area contributed by atoms with Gasteiger partial charge in [0.2, 0.25) is 5.91 Å². The molecule has 0 radical (unpaired) electrons. The molecule has 2 amide bonds. The van der Waals surface area contributed by atoms with E-state index in [0.29, 0.717) is 38.4 Å². The van der Waals surface area contributed by atoms with E-state index in [1.54, 1.807) is 14.4 Å². The van der Waals surface area contributed by atoms with Crippen molar-refractivity contribution in [3.63, 3.8) is 0 Å². The Labute approximate surface area is 167 Å². The molecule has 150 valence electrons. The van der Waals surface area contributed by atoms with Crippen LogP contribution in [0.15, 0.2) is 47.7 Å². The number of fused-ring (bicyclic) bond motifs is 1. The maximum absolute atomic E-state index is 12.8. The van der Waals surface area contributed by atoms with Gasteiger partial charge in [-0.05, 0) is 19.1 Å². The lowest BCUT2D eigenvalue weighted by Gasteiger charge is -2.34. The van der Waals surface area contributed by atoms with Crippen LogP contribution in [-0.2, 0) is 17.9 Å². The molecule has 0 N–H and O–H groups in total. The van der Waals surface area contributed by atoms with Gasteiger partial charge in [-0.3, -0.25) is 23.7 Å². The number of hydrogen-bond acceptors (Lipinski definition) is 5. The monoisotopic (exact) mass is 394 g/mol. The molecular formula is C20H22N6O3. The standard InChI is InChI=1S/C20H22N6O3/c1-2-25-16-5-3-4-6-17(16)26(20(25)29)14-18(27)23-9-11-24(12-10-23)19(28)15-13-21-7-8-22-15/h3-8,13H,2,9-12,14H2,1H3. The van der Waals surface area contributed by atoms with E-state index in [9.17, 15) is 14.4 Å². The number of aryl methyl sites for hydroxylation is 1. The van der Waals surface area contributed by atoms with Crippen molar-refractivity contribution in [3.05, 3.63) is 59.0 Å². The molecule has 0 unspecified atom stereocenters. The van der Waals surface area contributed by atoms with Crippen LogP contribution in [0.25, 0.3) is 11.0 Å². The number of benzene rings is 1. The van der Waals surface area contributed by atoms with E-state index in [0.717, 1.165) is 11.0 Å². The van der Waals surface area contributed by atoms with Crippen LogP contribution in [0.1, 0.15) is 17.4 Å². The van der Waals surface area contributed by atoms with Crippen LogP contribution < -0.4 is 5.69 Å². The largest absolute Gasteiger partial charge is 0.338 e. The Bertz CT molecular complexity index is 1100. The summed E-state index contributed by atoms with van der Waals surface area (Å²) in [6.45, 7) is 4.14. The normalized spacial score (nSPS) is 14.4. The number of amides is 2. The van der Waals surface area contributed by atoms with Gasteiger partial charge in [-0.1, -0.05) is 12.1 Å². The van der Waals surface area contributed by atoms with E-state index in [1.165, 1.54) is 23.2 Å². The number of rotatable bonds is 4. The molecule has 2 aromatic heterocycles. The zero-order valence-electron chi connectivity index (χ0n) is 16.2. The summed E-state index contributed by atoms with van der Waals surface area (Å²) in [5.74, 6) is -0.315. The van der Waals surface area contributed by atoms with Crippen molar-refractivity contribution in [3.8, 4) is 0 Å². The lowest BCUT2D eigenvalue weighted by Crippen LogP contribution is -2.51. The fraction of sp³-hybridized carbons (Fsp3) is 0.350. The summed E-state index contributed by atoms with van der Waals surface area (Å²) < 4.78 is 3.19. The predicted molar refractivity (Wildman–Crippen MR) is 106 cm³/mol. The third kappa shape index (κ3) is 3.51. The van der Waals surface area contributed by atoms with Gasteiger partial charge in [-0.2, -0.15) is 0 Å². The Kier molecular flexibility index (Phi) is 5.11. The number of para-hydroxylation sites is 2. The van der Waals surface area contributed by atoms with Gasteiger partial charge in [-0.25, -0.2) is 9.78 Å². The van der Waals surface area contributed by atoms with Crippen LogP contribution in [0, 0.1) is 0 Å². The summed E-state index contributed by atoms with van der Waals surface area (Å²) in [6.07, 6.45) is 4.44. The molecule has 9 heteroatoms. The molecule has 29 heavy (non-hydrogen) atoms. The smallest absolute Gasteiger partial charge is 0.329 e. The zero-order chi connectivity index (χ0) is 20.4. The van der Waals surface area contributed by atoms with Crippen LogP contribution >= 0.6 is 0 Å². The van der Waals surface area contributed by atoms with Crippen molar-refractivity contribution in [1.29, 1.82) is 0 Å². The first-order chi connectivity index (χ1) is 14.1. The van der Waals surface area contributed by atoms with Crippen LogP contribution in [0.3, 0.4) is 0 Å². The average molecular weight is 394 g/mol. The number of carbonyl (C=O) groups is 2. The summed E-state index contributed by atoms with van der Waals surface area (Å²) in [4.78, 5) is 49.4. The molecule has 9 nitrogen and oxygen atoms in total. The van der Waals surface area contributed by atoms with Crippen LogP contribution in [0.2, 0.25) is 0 Å². The molecule has 0 spiro atoms. The second-order valence-corrected chi connectivity index (χ2v) is 6.87. The van der Waals surface area contributed by atoms with Crippen LogP contribution in [0.5, 0.6) is 0 Å². The van der Waals surface area contributed by atoms with Gasteiger partial charge in [0.1, 0.15) is 12.2 Å². The van der Waals surface area contributed by atoms with Crippen LogP contribution in [-0.4, -0.2) is 66.9 Å². The second kappa shape index (κ2) is 7.86. The second-order valence-electron chi connectivity index (χ2n) is 6.87. The minimum Gasteiger partial charge on any atom is -0.338 e. The highest BCUT2D eigenvalue weighted by molar-refractivity contribution is 5.92. The van der Waals surface area contributed by atoms with Crippen LogP contribution in [0.4, 0.5) is 0 Å². The minimum atomic E-state index is -0.188. The first-order valence-corrected chi connectivity index (χ1v) is 9.61. The fourth-order valence-corrected chi connectivity index (χ4v) is 3.70. The third-order valence-corrected chi connectivity index (χ3v) is 5.24. The molecule has 0 bridgehead atoms. The number of imidazole rings is 1. The molecule has 1 aliphatic heterocycles. The minimum absolute atomic E-state index is 0.00947. The Morgan fingerprint density at radius 3 is 2.24 bits per heavy atom. The van der Waals surface area contributed by atoms with E-state index in [1.807, 2.05) is 31.2 Å². The highest BCUT2D eigenvalue weighted by atomic mass is 16.2. The molecule has 3 heterocycles. The summed E-state index contributed by atoms with van der Waals surface area (Å²) in [6, 6.07) is 7.48. The van der Waals surface area contributed by atoms with Gasteiger partial charge in [0.15, 0.2) is 0 Å². The lowest BCUT2D eigenvalue weighted by molar-refractivity contribution is -0.133. The van der Waals surface area contributed by atoms with Crippen molar-refractivity contribution in [1.82, 2.24) is 28.9 Å². The molecule has 1 aliphatic rings. The van der Waals surface area contributed by atoms with Crippen molar-refractivity contribution in [2.24, 2.45) is 0 Å². The van der Waals surface area contributed by atoms with Gasteiger partial charge in [0, 0.05) is 45.1 Å². The summed E-state index contributed by atoms with van der Waals surface area (Å²) in [5, 5.41) is 0. The first-order valence-electron chi connectivity index (χ1n) is 9.61. The molecular weight excluding hydrogens is 372 g/mol. The lowest BCUT2D eigenvalue weighted by atomic mass is 10.2. The van der Waals surface area contributed by atoms with E-state index in [-0.39, 0.29) is 24.0 Å². The molecule has 4 rings (SSSR count). The van der Waals surface area contributed by atoms with Gasteiger partial charge in [-0.15, -0.1) is 0 Å². The quantitative estimate of drug-likeness (QED) is 0.646. The van der Waals surface area contributed by atoms with E-state index < -0.39 is 0 Å². The van der Waals surface area contributed by atoms with Gasteiger partial charge < -0.3 is 9.80 Å². The Balaban J connectivity index is 1.45. The van der Waals surface area contributed by atoms with Gasteiger partial charge in [0.05, 0.1) is 17.2 Å². The van der Waals surface area contributed by atoms with Crippen molar-refractivity contribution in [2.45, 2.75) is 20.0 Å². The SMILES string of the molecule is CCn1c(=O)n(CC(=O)N2CCN(C(=O)c3cnccn3)CC2)c2ccccc21. The van der Waals surface area contributed by atoms with E-state index >= 15 is 0 Å². The Morgan fingerprint density at radius 2 is 1.62 bits per heavy atom. The zero-order valence-corrected chi connectivity index (χ0v) is 16.2. The Hall–Kier alpha value is -3.49. The van der Waals surface area contributed by atoms with Crippen molar-refractivity contribution >= 4 is 22.8 Å². The van der Waals surface area contributed by atoms with Crippen molar-refractivity contribution in [2.75, 3.05) is 26.2 Å². The third-order valence-electron chi connectivity index (χ3n) is 5.24. The molecule has 0 atom stereocenters. The summed E-state index contributed by atoms with van der Waals surface area (Å²) in [5.41, 5.74) is 1.70. The molecule has 0 aliphatic carbocycles. The Morgan fingerprint density at radius 1 is 0.966 bits per heavy atom. The average Bonchev–Trinajstić information content (AvgIpc) is 3.04. The first kappa shape index (κ1) is 18.9. The summed E-state index contributed by atoms with van der Waals surface area (Å²) in [7, 11) is 0. The highest BCUT2D eigenvalue weighted by Crippen LogP contribution is 2.14. The topological polar surface area (TPSA) is 93.3 Å². The van der Waals surface area contributed by atoms with Gasteiger partial charge in [0.25, 0.3) is 5.91 Å². The highest BCUT2D eigenvalue weighted by Gasteiger charge is 2.26. The molecule has 0 saturated carbocycles. The fourth-order valence-electron chi connectivity index (χ4n) is 3.70. The molecule has 1 fully saturated rings. The number of aromatic nitrogens is 4. The van der Waals surface area contributed by atoms with E-state index in [2.05, 4.69) is 9.97 Å². The molecule has 1 saturated heterocycles. The number of carbonyl (C=O) groups excluding carboxylic acids is 2. The predicted octanol–water partition coefficient (Wildman–Crippen LogP) is 0.598. The molecule has 3 aromatic rings. The molecule has 1 aromatic carbocycles. The number of hydrogen-bond donors (Lipinski definition) is 0. The number of piperazine rings is 1.